The second-order valence-electron chi connectivity index (χ2n) is 4.23. The van der Waals surface area contributed by atoms with Crippen LogP contribution >= 0.6 is 0 Å². The van der Waals surface area contributed by atoms with Gasteiger partial charge in [-0.05, 0) is 19.1 Å². The first-order valence-electron chi connectivity index (χ1n) is 5.84. The normalized spacial score (nSPS) is 12.6. The van der Waals surface area contributed by atoms with Gasteiger partial charge in [0.25, 0.3) is 0 Å². The molecule has 1 unspecified atom stereocenters. The van der Waals surface area contributed by atoms with Crippen LogP contribution in [-0.2, 0) is 6.54 Å². The third-order valence-electron chi connectivity index (χ3n) is 2.62. The molecule has 4 nitrogen and oxygen atoms in total. The Balaban J connectivity index is 2.15. The summed E-state index contributed by atoms with van der Waals surface area (Å²) in [7, 11) is 0. The van der Waals surface area contributed by atoms with Crippen LogP contribution in [0.25, 0.3) is 11.3 Å². The Morgan fingerprint density at radius 2 is 2.22 bits per heavy atom. The molecule has 0 aliphatic carbocycles. The van der Waals surface area contributed by atoms with Crippen molar-refractivity contribution < 1.29 is 9.50 Å². The van der Waals surface area contributed by atoms with Crippen LogP contribution in [0, 0.1) is 5.82 Å². The van der Waals surface area contributed by atoms with Crippen LogP contribution in [0.3, 0.4) is 0 Å². The van der Waals surface area contributed by atoms with Gasteiger partial charge in [-0.3, -0.25) is 5.10 Å². The third kappa shape index (κ3) is 2.94. The molecule has 0 fully saturated rings. The van der Waals surface area contributed by atoms with Crippen molar-refractivity contribution in [3.8, 4) is 11.3 Å². The van der Waals surface area contributed by atoms with E-state index in [1.165, 1.54) is 6.07 Å². The predicted molar refractivity (Wildman–Crippen MR) is 67.4 cm³/mol. The zero-order chi connectivity index (χ0) is 13.0. The molecule has 1 heterocycles. The fourth-order valence-corrected chi connectivity index (χ4v) is 1.76. The number of nitrogens with zero attached hydrogens (tertiary/aromatic N) is 1. The Labute approximate surface area is 105 Å². The fraction of sp³-hybridized carbons (Fsp3) is 0.308. The standard InChI is InChI=1S/C13H16FN3O/c1-9(18)6-15-7-10-8-16-17-13(10)11-4-2-3-5-12(11)14/h2-5,8-9,15,18H,6-7H2,1H3,(H,16,17). The number of hydrogen-bond acceptors (Lipinski definition) is 3. The number of hydrogen-bond donors (Lipinski definition) is 3. The first kappa shape index (κ1) is 12.7. The van der Waals surface area contributed by atoms with Gasteiger partial charge >= 0.3 is 0 Å². The lowest BCUT2D eigenvalue weighted by atomic mass is 10.1. The van der Waals surface area contributed by atoms with Gasteiger partial charge in [0, 0.05) is 24.2 Å². The molecule has 0 saturated heterocycles. The van der Waals surface area contributed by atoms with Crippen LogP contribution in [0.1, 0.15) is 12.5 Å². The van der Waals surface area contributed by atoms with Crippen LogP contribution in [-0.4, -0.2) is 28.0 Å². The molecule has 0 aliphatic heterocycles. The van der Waals surface area contributed by atoms with Crippen molar-refractivity contribution >= 4 is 0 Å². The molecule has 1 atom stereocenters. The maximum Gasteiger partial charge on any atom is 0.132 e. The Morgan fingerprint density at radius 1 is 1.44 bits per heavy atom. The minimum Gasteiger partial charge on any atom is -0.392 e. The molecular formula is C13H16FN3O. The Morgan fingerprint density at radius 3 is 2.94 bits per heavy atom. The summed E-state index contributed by atoms with van der Waals surface area (Å²) >= 11 is 0. The van der Waals surface area contributed by atoms with Gasteiger partial charge < -0.3 is 10.4 Å². The van der Waals surface area contributed by atoms with Crippen LogP contribution < -0.4 is 5.32 Å². The van der Waals surface area contributed by atoms with Crippen molar-refractivity contribution in [3.05, 3.63) is 41.8 Å². The topological polar surface area (TPSA) is 60.9 Å². The molecule has 0 radical (unpaired) electrons. The number of rotatable bonds is 5. The summed E-state index contributed by atoms with van der Waals surface area (Å²) in [6, 6.07) is 6.57. The number of halogens is 1. The lowest BCUT2D eigenvalue weighted by Gasteiger charge is -2.07. The van der Waals surface area contributed by atoms with Gasteiger partial charge in [-0.1, -0.05) is 12.1 Å². The average Bonchev–Trinajstić information content (AvgIpc) is 2.77. The lowest BCUT2D eigenvalue weighted by molar-refractivity contribution is 0.191. The predicted octanol–water partition coefficient (Wildman–Crippen LogP) is 1.69. The molecule has 3 N–H and O–H groups in total. The molecular weight excluding hydrogens is 233 g/mol. The highest BCUT2D eigenvalue weighted by molar-refractivity contribution is 5.63. The van der Waals surface area contributed by atoms with Gasteiger partial charge in [0.2, 0.25) is 0 Å². The molecule has 0 bridgehead atoms. The molecule has 2 rings (SSSR count). The Bertz CT molecular complexity index is 510. The van der Waals surface area contributed by atoms with Crippen LogP contribution in [0.15, 0.2) is 30.5 Å². The SMILES string of the molecule is CC(O)CNCc1cn[nH]c1-c1ccccc1F. The van der Waals surface area contributed by atoms with E-state index < -0.39 is 6.10 Å². The zero-order valence-corrected chi connectivity index (χ0v) is 10.2. The van der Waals surface area contributed by atoms with Crippen LogP contribution in [0.2, 0.25) is 0 Å². The van der Waals surface area contributed by atoms with Gasteiger partial charge in [-0.25, -0.2) is 4.39 Å². The highest BCUT2D eigenvalue weighted by atomic mass is 19.1. The molecule has 0 spiro atoms. The zero-order valence-electron chi connectivity index (χ0n) is 10.2. The summed E-state index contributed by atoms with van der Waals surface area (Å²) in [5.41, 5.74) is 2.05. The minimum absolute atomic E-state index is 0.279. The van der Waals surface area contributed by atoms with Gasteiger partial charge in [0.1, 0.15) is 5.82 Å². The van der Waals surface area contributed by atoms with Crippen molar-refractivity contribution in [1.82, 2.24) is 15.5 Å². The van der Waals surface area contributed by atoms with Gasteiger partial charge in [0.15, 0.2) is 0 Å². The second-order valence-corrected chi connectivity index (χ2v) is 4.23. The van der Waals surface area contributed by atoms with E-state index in [4.69, 9.17) is 5.11 Å². The second kappa shape index (κ2) is 5.75. The van der Waals surface area contributed by atoms with Crippen LogP contribution in [0.5, 0.6) is 0 Å². The Hall–Kier alpha value is -1.72. The number of aromatic amines is 1. The maximum atomic E-state index is 13.7. The lowest BCUT2D eigenvalue weighted by Crippen LogP contribution is -2.23. The van der Waals surface area contributed by atoms with E-state index in [0.29, 0.717) is 24.3 Å². The Kier molecular flexibility index (Phi) is 4.07. The summed E-state index contributed by atoms with van der Waals surface area (Å²) in [6.45, 7) is 2.73. The maximum absolute atomic E-state index is 13.7. The molecule has 0 aliphatic rings. The van der Waals surface area contributed by atoms with Gasteiger partial charge in [0.05, 0.1) is 18.0 Å². The number of nitrogens with one attached hydrogen (secondary N) is 2. The number of aromatic nitrogens is 2. The number of benzene rings is 1. The fourth-order valence-electron chi connectivity index (χ4n) is 1.76. The smallest absolute Gasteiger partial charge is 0.132 e. The highest BCUT2D eigenvalue weighted by Gasteiger charge is 2.11. The number of aliphatic hydroxyl groups excluding tert-OH is 1. The number of H-pyrrole nitrogens is 1. The molecule has 1 aromatic carbocycles. The van der Waals surface area contributed by atoms with E-state index in [0.717, 1.165) is 5.56 Å². The summed E-state index contributed by atoms with van der Waals surface area (Å²) in [5, 5.41) is 19.0. The minimum atomic E-state index is -0.409. The molecule has 18 heavy (non-hydrogen) atoms. The summed E-state index contributed by atoms with van der Waals surface area (Å²) in [5.74, 6) is -0.279. The van der Waals surface area contributed by atoms with Crippen molar-refractivity contribution in [2.24, 2.45) is 0 Å². The number of aliphatic hydroxyl groups is 1. The summed E-state index contributed by atoms with van der Waals surface area (Å²) in [4.78, 5) is 0. The van der Waals surface area contributed by atoms with E-state index >= 15 is 0 Å². The molecule has 1 aromatic heterocycles. The van der Waals surface area contributed by atoms with E-state index in [1.807, 2.05) is 0 Å². The van der Waals surface area contributed by atoms with E-state index in [9.17, 15) is 4.39 Å². The van der Waals surface area contributed by atoms with Gasteiger partial charge in [-0.2, -0.15) is 5.10 Å². The first-order valence-corrected chi connectivity index (χ1v) is 5.84. The molecule has 96 valence electrons. The van der Waals surface area contributed by atoms with Crippen molar-refractivity contribution in [2.45, 2.75) is 19.6 Å². The van der Waals surface area contributed by atoms with E-state index in [2.05, 4.69) is 15.5 Å². The molecule has 0 saturated carbocycles. The van der Waals surface area contributed by atoms with Crippen molar-refractivity contribution in [1.29, 1.82) is 0 Å². The van der Waals surface area contributed by atoms with Gasteiger partial charge in [-0.15, -0.1) is 0 Å². The first-order chi connectivity index (χ1) is 8.68. The molecule has 5 heteroatoms. The summed E-state index contributed by atoms with van der Waals surface area (Å²) in [6.07, 6.45) is 1.25. The largest absolute Gasteiger partial charge is 0.392 e. The third-order valence-corrected chi connectivity index (χ3v) is 2.62. The monoisotopic (exact) mass is 249 g/mol. The average molecular weight is 249 g/mol. The van der Waals surface area contributed by atoms with E-state index in [1.54, 1.807) is 31.3 Å². The molecule has 2 aromatic rings. The molecule has 0 amide bonds. The van der Waals surface area contributed by atoms with Crippen molar-refractivity contribution in [3.63, 3.8) is 0 Å². The summed E-state index contributed by atoms with van der Waals surface area (Å²) < 4.78 is 13.7. The quantitative estimate of drug-likeness (QED) is 0.755. The van der Waals surface area contributed by atoms with Crippen molar-refractivity contribution in [2.75, 3.05) is 6.54 Å². The highest BCUT2D eigenvalue weighted by Crippen LogP contribution is 2.23. The van der Waals surface area contributed by atoms with Crippen LogP contribution in [0.4, 0.5) is 4.39 Å². The van der Waals surface area contributed by atoms with E-state index in [-0.39, 0.29) is 5.82 Å².